The third-order valence-electron chi connectivity index (χ3n) is 2.16. The standard InChI is InChI=1S/C11H17FN2O/c1-3-6-15-8-11(13-2)9-4-5-14-7-10(9)12/h4-5,7,11,13H,3,6,8H2,1-2H3. The number of hydrogen-bond donors (Lipinski definition) is 1. The number of likely N-dealkylation sites (N-methyl/N-ethyl adjacent to an activating group) is 1. The molecule has 1 unspecified atom stereocenters. The molecule has 0 bridgehead atoms. The maximum atomic E-state index is 13.4. The Hall–Kier alpha value is -1.00. The van der Waals surface area contributed by atoms with Crippen molar-refractivity contribution in [1.29, 1.82) is 0 Å². The van der Waals surface area contributed by atoms with Gasteiger partial charge in [-0.05, 0) is 19.5 Å². The van der Waals surface area contributed by atoms with E-state index in [2.05, 4.69) is 10.3 Å². The number of halogens is 1. The minimum absolute atomic E-state index is 0.112. The second kappa shape index (κ2) is 6.48. The van der Waals surface area contributed by atoms with Crippen molar-refractivity contribution in [2.24, 2.45) is 0 Å². The summed E-state index contributed by atoms with van der Waals surface area (Å²) in [6.45, 7) is 3.22. The molecular weight excluding hydrogens is 195 g/mol. The van der Waals surface area contributed by atoms with Gasteiger partial charge in [0.05, 0.1) is 18.8 Å². The van der Waals surface area contributed by atoms with E-state index in [4.69, 9.17) is 4.74 Å². The minimum Gasteiger partial charge on any atom is -0.379 e. The molecule has 0 saturated heterocycles. The number of nitrogens with zero attached hydrogens (tertiary/aromatic N) is 1. The molecule has 1 N–H and O–H groups in total. The molecule has 1 heterocycles. The summed E-state index contributed by atoms with van der Waals surface area (Å²) in [4.78, 5) is 3.71. The average Bonchev–Trinajstić information content (AvgIpc) is 2.26. The quantitative estimate of drug-likeness (QED) is 0.731. The van der Waals surface area contributed by atoms with E-state index in [0.717, 1.165) is 6.42 Å². The molecule has 0 aromatic carbocycles. The first-order valence-electron chi connectivity index (χ1n) is 5.14. The molecule has 0 amide bonds. The van der Waals surface area contributed by atoms with Gasteiger partial charge in [0.25, 0.3) is 0 Å². The molecule has 4 heteroatoms. The minimum atomic E-state index is -0.294. The molecule has 0 aliphatic rings. The smallest absolute Gasteiger partial charge is 0.146 e. The molecular formula is C11H17FN2O. The Balaban J connectivity index is 2.61. The van der Waals surface area contributed by atoms with Crippen LogP contribution in [0.5, 0.6) is 0 Å². The van der Waals surface area contributed by atoms with E-state index in [1.54, 1.807) is 19.3 Å². The fourth-order valence-corrected chi connectivity index (χ4v) is 1.34. The number of hydrogen-bond acceptors (Lipinski definition) is 3. The van der Waals surface area contributed by atoms with Gasteiger partial charge in [-0.3, -0.25) is 4.98 Å². The summed E-state index contributed by atoms with van der Waals surface area (Å²) in [5.41, 5.74) is 0.601. The lowest BCUT2D eigenvalue weighted by Gasteiger charge is -2.16. The highest BCUT2D eigenvalue weighted by Crippen LogP contribution is 2.15. The van der Waals surface area contributed by atoms with Gasteiger partial charge in [-0.15, -0.1) is 0 Å². The first-order chi connectivity index (χ1) is 7.29. The molecule has 0 spiro atoms. The predicted octanol–water partition coefficient (Wildman–Crippen LogP) is 1.91. The van der Waals surface area contributed by atoms with Crippen molar-refractivity contribution >= 4 is 0 Å². The van der Waals surface area contributed by atoms with Gasteiger partial charge in [0.15, 0.2) is 0 Å². The maximum Gasteiger partial charge on any atom is 0.146 e. The highest BCUT2D eigenvalue weighted by Gasteiger charge is 2.13. The van der Waals surface area contributed by atoms with Crippen LogP contribution in [0.4, 0.5) is 4.39 Å². The lowest BCUT2D eigenvalue weighted by molar-refractivity contribution is 0.113. The number of rotatable bonds is 6. The first-order valence-corrected chi connectivity index (χ1v) is 5.14. The molecule has 3 nitrogen and oxygen atoms in total. The van der Waals surface area contributed by atoms with Crippen LogP contribution in [-0.2, 0) is 4.74 Å². The Labute approximate surface area is 89.7 Å². The fraction of sp³-hybridized carbons (Fsp3) is 0.545. The van der Waals surface area contributed by atoms with Crippen LogP contribution in [0.25, 0.3) is 0 Å². The van der Waals surface area contributed by atoms with Gasteiger partial charge in [0, 0.05) is 18.4 Å². The van der Waals surface area contributed by atoms with E-state index in [1.165, 1.54) is 6.20 Å². The monoisotopic (exact) mass is 212 g/mol. The molecule has 0 aliphatic heterocycles. The van der Waals surface area contributed by atoms with Gasteiger partial charge >= 0.3 is 0 Å². The summed E-state index contributed by atoms with van der Waals surface area (Å²) in [7, 11) is 1.79. The topological polar surface area (TPSA) is 34.1 Å². The summed E-state index contributed by atoms with van der Waals surface area (Å²) < 4.78 is 18.8. The van der Waals surface area contributed by atoms with E-state index in [0.29, 0.717) is 18.8 Å². The molecule has 15 heavy (non-hydrogen) atoms. The second-order valence-electron chi connectivity index (χ2n) is 3.31. The molecule has 0 radical (unpaired) electrons. The zero-order valence-corrected chi connectivity index (χ0v) is 9.16. The Morgan fingerprint density at radius 1 is 1.60 bits per heavy atom. The van der Waals surface area contributed by atoms with Gasteiger partial charge in [0.2, 0.25) is 0 Å². The SMILES string of the molecule is CCCOCC(NC)c1ccncc1F. The Kier molecular flexibility index (Phi) is 5.21. The first kappa shape index (κ1) is 12.1. The van der Waals surface area contributed by atoms with Gasteiger partial charge in [0.1, 0.15) is 5.82 Å². The number of ether oxygens (including phenoxy) is 1. The molecule has 1 aromatic rings. The summed E-state index contributed by atoms with van der Waals surface area (Å²) in [6, 6.07) is 1.56. The van der Waals surface area contributed by atoms with E-state index < -0.39 is 0 Å². The summed E-state index contributed by atoms with van der Waals surface area (Å²) >= 11 is 0. The number of aromatic nitrogens is 1. The lowest BCUT2D eigenvalue weighted by atomic mass is 10.1. The van der Waals surface area contributed by atoms with Crippen molar-refractivity contribution < 1.29 is 9.13 Å². The van der Waals surface area contributed by atoms with Crippen LogP contribution in [0.2, 0.25) is 0 Å². The summed E-state index contributed by atoms with van der Waals surface area (Å²) in [6.07, 6.45) is 3.78. The van der Waals surface area contributed by atoms with Crippen LogP contribution in [0.15, 0.2) is 18.5 Å². The second-order valence-corrected chi connectivity index (χ2v) is 3.31. The molecule has 84 valence electrons. The molecule has 1 atom stereocenters. The zero-order chi connectivity index (χ0) is 11.1. The van der Waals surface area contributed by atoms with E-state index in [-0.39, 0.29) is 11.9 Å². The summed E-state index contributed by atoms with van der Waals surface area (Å²) in [5.74, 6) is -0.294. The highest BCUT2D eigenvalue weighted by molar-refractivity contribution is 5.17. The Bertz CT molecular complexity index is 294. The van der Waals surface area contributed by atoms with Crippen molar-refractivity contribution in [2.75, 3.05) is 20.3 Å². The number of nitrogens with one attached hydrogen (secondary N) is 1. The van der Waals surface area contributed by atoms with Gasteiger partial charge in [-0.25, -0.2) is 4.39 Å². The van der Waals surface area contributed by atoms with Crippen LogP contribution in [0, 0.1) is 5.82 Å². The molecule has 0 saturated carbocycles. The third kappa shape index (κ3) is 3.57. The van der Waals surface area contributed by atoms with Crippen LogP contribution < -0.4 is 5.32 Å². The lowest BCUT2D eigenvalue weighted by Crippen LogP contribution is -2.23. The van der Waals surface area contributed by atoms with Gasteiger partial charge in [-0.2, -0.15) is 0 Å². The van der Waals surface area contributed by atoms with E-state index >= 15 is 0 Å². The van der Waals surface area contributed by atoms with Crippen molar-refractivity contribution in [1.82, 2.24) is 10.3 Å². The molecule has 1 rings (SSSR count). The Morgan fingerprint density at radius 3 is 3.00 bits per heavy atom. The van der Waals surface area contributed by atoms with E-state index in [1.807, 2.05) is 6.92 Å². The average molecular weight is 212 g/mol. The Morgan fingerprint density at radius 2 is 2.40 bits per heavy atom. The zero-order valence-electron chi connectivity index (χ0n) is 9.16. The molecule has 1 aromatic heterocycles. The highest BCUT2D eigenvalue weighted by atomic mass is 19.1. The van der Waals surface area contributed by atoms with Crippen molar-refractivity contribution in [2.45, 2.75) is 19.4 Å². The van der Waals surface area contributed by atoms with Gasteiger partial charge in [-0.1, -0.05) is 6.92 Å². The normalized spacial score (nSPS) is 12.7. The molecule has 0 aliphatic carbocycles. The van der Waals surface area contributed by atoms with Crippen LogP contribution in [-0.4, -0.2) is 25.2 Å². The van der Waals surface area contributed by atoms with Crippen LogP contribution >= 0.6 is 0 Å². The summed E-state index contributed by atoms with van der Waals surface area (Å²) in [5, 5.41) is 3.03. The van der Waals surface area contributed by atoms with Crippen LogP contribution in [0.3, 0.4) is 0 Å². The maximum absolute atomic E-state index is 13.4. The van der Waals surface area contributed by atoms with Crippen molar-refractivity contribution in [3.8, 4) is 0 Å². The van der Waals surface area contributed by atoms with Crippen molar-refractivity contribution in [3.05, 3.63) is 29.8 Å². The van der Waals surface area contributed by atoms with E-state index in [9.17, 15) is 4.39 Å². The predicted molar refractivity (Wildman–Crippen MR) is 57.1 cm³/mol. The number of pyridine rings is 1. The van der Waals surface area contributed by atoms with Crippen LogP contribution in [0.1, 0.15) is 24.9 Å². The fourth-order valence-electron chi connectivity index (χ4n) is 1.34. The van der Waals surface area contributed by atoms with Crippen molar-refractivity contribution in [3.63, 3.8) is 0 Å². The molecule has 0 fully saturated rings. The third-order valence-corrected chi connectivity index (χ3v) is 2.16. The largest absolute Gasteiger partial charge is 0.379 e. The van der Waals surface area contributed by atoms with Gasteiger partial charge < -0.3 is 10.1 Å².